The van der Waals surface area contributed by atoms with Gasteiger partial charge in [-0.3, -0.25) is 4.90 Å². The maximum absolute atomic E-state index is 9.11. The Labute approximate surface area is 91.7 Å². The summed E-state index contributed by atoms with van der Waals surface area (Å²) in [6.45, 7) is 2.62. The van der Waals surface area contributed by atoms with Crippen LogP contribution in [0.15, 0.2) is 24.3 Å². The average Bonchev–Trinajstić information content (AvgIpc) is 2.01. The van der Waals surface area contributed by atoms with Crippen molar-refractivity contribution in [3.63, 3.8) is 0 Å². The van der Waals surface area contributed by atoms with E-state index in [4.69, 9.17) is 5.11 Å². The minimum absolute atomic E-state index is 0.0946. The molecule has 70 valence electrons. The Morgan fingerprint density at radius 3 is 2.85 bits per heavy atom. The van der Waals surface area contributed by atoms with Crippen LogP contribution in [0.2, 0.25) is 0 Å². The van der Waals surface area contributed by atoms with E-state index in [0.717, 1.165) is 19.6 Å². The van der Waals surface area contributed by atoms with Gasteiger partial charge in [-0.15, -0.1) is 0 Å². The van der Waals surface area contributed by atoms with Gasteiger partial charge in [0.05, 0.1) is 6.10 Å². The van der Waals surface area contributed by atoms with Gasteiger partial charge in [0.25, 0.3) is 0 Å². The summed E-state index contributed by atoms with van der Waals surface area (Å²) in [5, 5.41) is 9.11. The highest BCUT2D eigenvalue weighted by Gasteiger charge is 2.23. The van der Waals surface area contributed by atoms with Crippen LogP contribution in [-0.2, 0) is 6.54 Å². The second-order valence-electron chi connectivity index (χ2n) is 3.48. The van der Waals surface area contributed by atoms with Gasteiger partial charge in [0.15, 0.2) is 0 Å². The van der Waals surface area contributed by atoms with Crippen molar-refractivity contribution < 1.29 is 5.11 Å². The highest BCUT2D eigenvalue weighted by molar-refractivity contribution is 14.1. The monoisotopic (exact) mass is 289 g/mol. The van der Waals surface area contributed by atoms with E-state index in [-0.39, 0.29) is 6.10 Å². The largest absolute Gasteiger partial charge is 0.390 e. The molecule has 13 heavy (non-hydrogen) atoms. The Hall–Kier alpha value is -0.130. The number of nitrogens with zero attached hydrogens (tertiary/aromatic N) is 1. The Balaban J connectivity index is 1.94. The Morgan fingerprint density at radius 2 is 2.23 bits per heavy atom. The van der Waals surface area contributed by atoms with Crippen molar-refractivity contribution >= 4 is 22.6 Å². The lowest BCUT2D eigenvalue weighted by atomic mass is 10.1. The van der Waals surface area contributed by atoms with Crippen LogP contribution < -0.4 is 0 Å². The second-order valence-corrected chi connectivity index (χ2v) is 4.72. The molecule has 3 heteroatoms. The van der Waals surface area contributed by atoms with E-state index in [1.54, 1.807) is 0 Å². The summed E-state index contributed by atoms with van der Waals surface area (Å²) in [6.07, 6.45) is -0.0946. The van der Waals surface area contributed by atoms with Crippen molar-refractivity contribution in [2.24, 2.45) is 0 Å². The van der Waals surface area contributed by atoms with Crippen molar-refractivity contribution in [3.05, 3.63) is 33.4 Å². The Bertz CT molecular complexity index is 297. The van der Waals surface area contributed by atoms with Crippen LogP contribution in [0.1, 0.15) is 5.56 Å². The lowest BCUT2D eigenvalue weighted by molar-refractivity contribution is -0.00287. The summed E-state index contributed by atoms with van der Waals surface area (Å²) >= 11 is 2.32. The highest BCUT2D eigenvalue weighted by Crippen LogP contribution is 2.14. The first kappa shape index (κ1) is 9.43. The van der Waals surface area contributed by atoms with E-state index in [0.29, 0.717) is 0 Å². The molecular weight excluding hydrogens is 277 g/mol. The van der Waals surface area contributed by atoms with Crippen LogP contribution in [-0.4, -0.2) is 29.2 Å². The SMILES string of the molecule is OC1CN(Cc2cccc(I)c2)C1. The molecule has 1 heterocycles. The number of benzene rings is 1. The zero-order valence-corrected chi connectivity index (χ0v) is 9.44. The first-order chi connectivity index (χ1) is 6.24. The fourth-order valence-corrected chi connectivity index (χ4v) is 2.17. The van der Waals surface area contributed by atoms with E-state index < -0.39 is 0 Å². The number of aliphatic hydroxyl groups is 1. The van der Waals surface area contributed by atoms with Crippen LogP contribution in [0.5, 0.6) is 0 Å². The van der Waals surface area contributed by atoms with Gasteiger partial charge in [-0.25, -0.2) is 0 Å². The van der Waals surface area contributed by atoms with Crippen molar-refractivity contribution in [2.45, 2.75) is 12.6 Å². The molecule has 1 N–H and O–H groups in total. The van der Waals surface area contributed by atoms with Gasteiger partial charge < -0.3 is 5.11 Å². The first-order valence-electron chi connectivity index (χ1n) is 4.39. The number of hydrogen-bond acceptors (Lipinski definition) is 2. The van der Waals surface area contributed by atoms with E-state index in [1.165, 1.54) is 9.13 Å². The van der Waals surface area contributed by atoms with Gasteiger partial charge in [0.1, 0.15) is 0 Å². The molecule has 1 fully saturated rings. The third kappa shape index (κ3) is 2.42. The van der Waals surface area contributed by atoms with Gasteiger partial charge in [-0.2, -0.15) is 0 Å². The zero-order chi connectivity index (χ0) is 9.26. The topological polar surface area (TPSA) is 23.5 Å². The van der Waals surface area contributed by atoms with Gasteiger partial charge in [-0.1, -0.05) is 12.1 Å². The van der Waals surface area contributed by atoms with E-state index >= 15 is 0 Å². The minimum Gasteiger partial charge on any atom is -0.390 e. The molecule has 1 saturated heterocycles. The molecule has 0 unspecified atom stereocenters. The molecule has 0 aromatic heterocycles. The van der Waals surface area contributed by atoms with Gasteiger partial charge in [-0.05, 0) is 40.3 Å². The first-order valence-corrected chi connectivity index (χ1v) is 5.47. The van der Waals surface area contributed by atoms with E-state index in [9.17, 15) is 0 Å². The molecule has 0 atom stereocenters. The summed E-state index contributed by atoms with van der Waals surface area (Å²) in [6, 6.07) is 8.49. The summed E-state index contributed by atoms with van der Waals surface area (Å²) in [4.78, 5) is 2.25. The van der Waals surface area contributed by atoms with Crippen LogP contribution >= 0.6 is 22.6 Å². The molecule has 0 amide bonds. The minimum atomic E-state index is -0.0946. The Morgan fingerprint density at radius 1 is 1.46 bits per heavy atom. The normalized spacial score (nSPS) is 18.6. The molecule has 1 aliphatic heterocycles. The molecule has 2 rings (SSSR count). The van der Waals surface area contributed by atoms with Crippen LogP contribution in [0, 0.1) is 3.57 Å². The fraction of sp³-hybridized carbons (Fsp3) is 0.400. The number of β-amino-alcohol motifs (C(OH)–C–C–N with tert-alkyl or cyclic N) is 1. The van der Waals surface area contributed by atoms with Crippen molar-refractivity contribution in [1.29, 1.82) is 0 Å². The average molecular weight is 289 g/mol. The predicted molar refractivity (Wildman–Crippen MR) is 60.4 cm³/mol. The van der Waals surface area contributed by atoms with Gasteiger partial charge in [0.2, 0.25) is 0 Å². The summed E-state index contributed by atoms with van der Waals surface area (Å²) in [7, 11) is 0. The number of likely N-dealkylation sites (tertiary alicyclic amines) is 1. The van der Waals surface area contributed by atoms with Crippen molar-refractivity contribution in [1.82, 2.24) is 4.90 Å². The zero-order valence-electron chi connectivity index (χ0n) is 7.28. The molecular formula is C10H12INO. The fourth-order valence-electron chi connectivity index (χ4n) is 1.57. The summed E-state index contributed by atoms with van der Waals surface area (Å²) in [5.41, 5.74) is 1.33. The summed E-state index contributed by atoms with van der Waals surface area (Å²) < 4.78 is 1.27. The molecule has 0 bridgehead atoms. The third-order valence-electron chi connectivity index (χ3n) is 2.23. The van der Waals surface area contributed by atoms with Crippen molar-refractivity contribution in [3.8, 4) is 0 Å². The summed E-state index contributed by atoms with van der Waals surface area (Å²) in [5.74, 6) is 0. The number of rotatable bonds is 2. The van der Waals surface area contributed by atoms with E-state index in [1.807, 2.05) is 0 Å². The molecule has 1 aromatic carbocycles. The maximum atomic E-state index is 9.11. The molecule has 1 aliphatic rings. The van der Waals surface area contributed by atoms with Crippen molar-refractivity contribution in [2.75, 3.05) is 13.1 Å². The third-order valence-corrected chi connectivity index (χ3v) is 2.90. The number of hydrogen-bond donors (Lipinski definition) is 1. The molecule has 0 radical (unpaired) electrons. The standard InChI is InChI=1S/C10H12INO/c11-9-3-1-2-8(4-9)5-12-6-10(13)7-12/h1-4,10,13H,5-7H2. The van der Waals surface area contributed by atoms with Crippen LogP contribution in [0.3, 0.4) is 0 Å². The van der Waals surface area contributed by atoms with Gasteiger partial charge >= 0.3 is 0 Å². The van der Waals surface area contributed by atoms with Crippen LogP contribution in [0.4, 0.5) is 0 Å². The molecule has 1 aromatic rings. The number of aliphatic hydroxyl groups excluding tert-OH is 1. The van der Waals surface area contributed by atoms with E-state index in [2.05, 4.69) is 51.8 Å². The molecule has 2 nitrogen and oxygen atoms in total. The van der Waals surface area contributed by atoms with Gasteiger partial charge in [0, 0.05) is 23.2 Å². The quantitative estimate of drug-likeness (QED) is 0.833. The Kier molecular flexibility index (Phi) is 2.86. The predicted octanol–water partition coefficient (Wildman–Crippen LogP) is 1.47. The number of halogens is 1. The lowest BCUT2D eigenvalue weighted by Gasteiger charge is -2.35. The molecule has 0 aliphatic carbocycles. The van der Waals surface area contributed by atoms with Crippen LogP contribution in [0.25, 0.3) is 0 Å². The highest BCUT2D eigenvalue weighted by atomic mass is 127. The second kappa shape index (κ2) is 3.94. The maximum Gasteiger partial charge on any atom is 0.0794 e. The lowest BCUT2D eigenvalue weighted by Crippen LogP contribution is -2.49. The smallest absolute Gasteiger partial charge is 0.0794 e. The molecule has 0 spiro atoms. The molecule has 0 saturated carbocycles.